The molecule has 0 aliphatic rings. The van der Waals surface area contributed by atoms with Gasteiger partial charge < -0.3 is 10.6 Å². The second-order valence-corrected chi connectivity index (χ2v) is 4.79. The third kappa shape index (κ3) is 3.98. The Morgan fingerprint density at radius 3 is 1.25 bits per heavy atom. The Morgan fingerprint density at radius 1 is 0.650 bits per heavy atom. The minimum absolute atomic E-state index is 0.491. The normalized spacial score (nSPS) is 9.90. The van der Waals surface area contributed by atoms with E-state index in [0.29, 0.717) is 21.4 Å². The highest BCUT2D eigenvalue weighted by Gasteiger charge is 2.13. The lowest BCUT2D eigenvalue weighted by molar-refractivity contribution is -0.132. The number of benzene rings is 2. The van der Waals surface area contributed by atoms with Gasteiger partial charge in [0.05, 0.1) is 0 Å². The molecular formula is C14H10Cl2N2O2. The molecule has 2 aromatic rings. The Morgan fingerprint density at radius 2 is 0.950 bits per heavy atom. The van der Waals surface area contributed by atoms with E-state index in [0.717, 1.165) is 0 Å². The van der Waals surface area contributed by atoms with Crippen LogP contribution in [0.4, 0.5) is 11.4 Å². The van der Waals surface area contributed by atoms with Gasteiger partial charge >= 0.3 is 11.8 Å². The summed E-state index contributed by atoms with van der Waals surface area (Å²) >= 11 is 11.5. The van der Waals surface area contributed by atoms with Crippen LogP contribution in [0.3, 0.4) is 0 Å². The lowest BCUT2D eigenvalue weighted by Crippen LogP contribution is -2.29. The van der Waals surface area contributed by atoms with Crippen LogP contribution in [0.5, 0.6) is 0 Å². The summed E-state index contributed by atoms with van der Waals surface area (Å²) in [6, 6.07) is 12.9. The summed E-state index contributed by atoms with van der Waals surface area (Å²) in [5.74, 6) is -1.52. The molecule has 4 nitrogen and oxygen atoms in total. The Bertz CT molecular complexity index is 567. The van der Waals surface area contributed by atoms with Crippen LogP contribution < -0.4 is 10.6 Å². The molecule has 0 aliphatic carbocycles. The average Bonchev–Trinajstić information content (AvgIpc) is 2.44. The standard InChI is InChI=1S/C14H10Cl2N2O2/c15-9-1-5-11(6-2-9)17-13(19)14(20)18-12-7-3-10(16)4-8-12/h1-8H,(H,17,19)(H,18,20). The van der Waals surface area contributed by atoms with E-state index in [1.54, 1.807) is 48.5 Å². The predicted molar refractivity (Wildman–Crippen MR) is 80.2 cm³/mol. The second kappa shape index (κ2) is 6.41. The zero-order chi connectivity index (χ0) is 14.5. The quantitative estimate of drug-likeness (QED) is 0.833. The van der Waals surface area contributed by atoms with Gasteiger partial charge in [-0.15, -0.1) is 0 Å². The van der Waals surface area contributed by atoms with E-state index in [2.05, 4.69) is 10.6 Å². The number of hydrogen-bond acceptors (Lipinski definition) is 2. The number of amides is 2. The molecular weight excluding hydrogens is 299 g/mol. The van der Waals surface area contributed by atoms with Gasteiger partial charge in [-0.1, -0.05) is 23.2 Å². The minimum atomic E-state index is -0.762. The molecule has 6 heteroatoms. The van der Waals surface area contributed by atoms with Gasteiger partial charge in [0, 0.05) is 21.4 Å². The molecule has 0 unspecified atom stereocenters. The van der Waals surface area contributed by atoms with Crippen molar-refractivity contribution in [1.82, 2.24) is 0 Å². The van der Waals surface area contributed by atoms with Gasteiger partial charge in [-0.25, -0.2) is 0 Å². The molecule has 0 fully saturated rings. The fourth-order valence-corrected chi connectivity index (χ4v) is 1.69. The fourth-order valence-electron chi connectivity index (χ4n) is 1.44. The summed E-state index contributed by atoms with van der Waals surface area (Å²) in [5.41, 5.74) is 0.983. The average molecular weight is 309 g/mol. The van der Waals surface area contributed by atoms with Gasteiger partial charge in [0.15, 0.2) is 0 Å². The van der Waals surface area contributed by atoms with Crippen molar-refractivity contribution in [2.24, 2.45) is 0 Å². The van der Waals surface area contributed by atoms with Crippen molar-refractivity contribution in [3.8, 4) is 0 Å². The molecule has 0 aliphatic heterocycles. The SMILES string of the molecule is O=C(Nc1ccc(Cl)cc1)C(=O)Nc1ccc(Cl)cc1. The summed E-state index contributed by atoms with van der Waals surface area (Å²) in [7, 11) is 0. The molecule has 0 heterocycles. The lowest BCUT2D eigenvalue weighted by atomic mass is 10.3. The number of anilines is 2. The highest BCUT2D eigenvalue weighted by Crippen LogP contribution is 2.15. The first-order valence-electron chi connectivity index (χ1n) is 5.68. The molecule has 2 rings (SSSR count). The molecule has 0 spiro atoms. The van der Waals surface area contributed by atoms with Crippen molar-refractivity contribution in [1.29, 1.82) is 0 Å². The highest BCUT2D eigenvalue weighted by atomic mass is 35.5. The van der Waals surface area contributed by atoms with Crippen molar-refractivity contribution in [2.45, 2.75) is 0 Å². The van der Waals surface area contributed by atoms with Gasteiger partial charge in [-0.3, -0.25) is 9.59 Å². The molecule has 2 N–H and O–H groups in total. The number of halogens is 2. The summed E-state index contributed by atoms with van der Waals surface area (Å²) in [6.45, 7) is 0. The number of carbonyl (C=O) groups is 2. The Kier molecular flexibility index (Phi) is 4.61. The zero-order valence-corrected chi connectivity index (χ0v) is 11.7. The third-order valence-electron chi connectivity index (χ3n) is 2.41. The second-order valence-electron chi connectivity index (χ2n) is 3.92. The molecule has 102 valence electrons. The van der Waals surface area contributed by atoms with Gasteiger partial charge in [-0.05, 0) is 48.5 Å². The molecule has 0 aromatic heterocycles. The smallest absolute Gasteiger partial charge is 0.314 e. The van der Waals surface area contributed by atoms with Crippen LogP contribution in [0.2, 0.25) is 10.0 Å². The first-order valence-corrected chi connectivity index (χ1v) is 6.43. The Hall–Kier alpha value is -2.04. The first kappa shape index (κ1) is 14.4. The van der Waals surface area contributed by atoms with Crippen molar-refractivity contribution in [3.05, 3.63) is 58.6 Å². The van der Waals surface area contributed by atoms with Gasteiger partial charge in [0.2, 0.25) is 0 Å². The van der Waals surface area contributed by atoms with Crippen LogP contribution in [0.15, 0.2) is 48.5 Å². The van der Waals surface area contributed by atoms with Crippen LogP contribution in [-0.2, 0) is 9.59 Å². The van der Waals surface area contributed by atoms with E-state index in [4.69, 9.17) is 23.2 Å². The topological polar surface area (TPSA) is 58.2 Å². The van der Waals surface area contributed by atoms with Crippen molar-refractivity contribution in [2.75, 3.05) is 10.6 Å². The monoisotopic (exact) mass is 308 g/mol. The summed E-state index contributed by atoms with van der Waals surface area (Å²) < 4.78 is 0. The van der Waals surface area contributed by atoms with Gasteiger partial charge in [0.25, 0.3) is 0 Å². The molecule has 0 bridgehead atoms. The fraction of sp³-hybridized carbons (Fsp3) is 0. The van der Waals surface area contributed by atoms with E-state index in [1.807, 2.05) is 0 Å². The van der Waals surface area contributed by atoms with E-state index < -0.39 is 11.8 Å². The molecule has 20 heavy (non-hydrogen) atoms. The number of carbonyl (C=O) groups excluding carboxylic acids is 2. The van der Waals surface area contributed by atoms with Crippen molar-refractivity contribution in [3.63, 3.8) is 0 Å². The first-order chi connectivity index (χ1) is 9.54. The van der Waals surface area contributed by atoms with Gasteiger partial charge in [-0.2, -0.15) is 0 Å². The van der Waals surface area contributed by atoms with Crippen LogP contribution in [0, 0.1) is 0 Å². The number of nitrogens with one attached hydrogen (secondary N) is 2. The predicted octanol–water partition coefficient (Wildman–Crippen LogP) is 3.57. The largest absolute Gasteiger partial charge is 0.318 e. The van der Waals surface area contributed by atoms with Gasteiger partial charge in [0.1, 0.15) is 0 Å². The molecule has 0 radical (unpaired) electrons. The van der Waals surface area contributed by atoms with Crippen molar-refractivity contribution >= 4 is 46.4 Å². The van der Waals surface area contributed by atoms with E-state index >= 15 is 0 Å². The number of rotatable bonds is 2. The third-order valence-corrected chi connectivity index (χ3v) is 2.91. The molecule has 2 amide bonds. The van der Waals surface area contributed by atoms with E-state index in [1.165, 1.54) is 0 Å². The maximum atomic E-state index is 11.7. The van der Waals surface area contributed by atoms with Crippen LogP contribution in [0.1, 0.15) is 0 Å². The van der Waals surface area contributed by atoms with E-state index in [-0.39, 0.29) is 0 Å². The van der Waals surface area contributed by atoms with Crippen molar-refractivity contribution < 1.29 is 9.59 Å². The number of hydrogen-bond donors (Lipinski definition) is 2. The molecule has 0 atom stereocenters. The maximum Gasteiger partial charge on any atom is 0.314 e. The highest BCUT2D eigenvalue weighted by molar-refractivity contribution is 6.43. The van der Waals surface area contributed by atoms with E-state index in [9.17, 15) is 9.59 Å². The maximum absolute atomic E-state index is 11.7. The van der Waals surface area contributed by atoms with Crippen LogP contribution in [0.25, 0.3) is 0 Å². The minimum Gasteiger partial charge on any atom is -0.318 e. The van der Waals surface area contributed by atoms with Crippen LogP contribution in [-0.4, -0.2) is 11.8 Å². The molecule has 2 aromatic carbocycles. The summed E-state index contributed by atoms with van der Waals surface area (Å²) in [6.07, 6.45) is 0. The van der Waals surface area contributed by atoms with Crippen LogP contribution >= 0.6 is 23.2 Å². The summed E-state index contributed by atoms with van der Waals surface area (Å²) in [5, 5.41) is 6.03. The lowest BCUT2D eigenvalue weighted by Gasteiger charge is -2.06. The molecule has 0 saturated carbocycles. The Labute approximate surface area is 125 Å². The Balaban J connectivity index is 1.96. The zero-order valence-electron chi connectivity index (χ0n) is 10.2. The summed E-state index contributed by atoms with van der Waals surface area (Å²) in [4.78, 5) is 23.4. The molecule has 0 saturated heterocycles.